The summed E-state index contributed by atoms with van der Waals surface area (Å²) >= 11 is 0. The number of rotatable bonds is 5. The van der Waals surface area contributed by atoms with E-state index in [1.54, 1.807) is 36.3 Å². The minimum Gasteiger partial charge on any atom is -0.497 e. The van der Waals surface area contributed by atoms with Crippen LogP contribution in [0.4, 0.5) is 10.1 Å². The summed E-state index contributed by atoms with van der Waals surface area (Å²) < 4.78 is 18.6. The minimum atomic E-state index is -0.870. The number of halogens is 1. The van der Waals surface area contributed by atoms with Crippen LogP contribution in [0.25, 0.3) is 0 Å². The standard InChI is InChI=1S/C25H27FN2O4/c1-32-21-14-12-20(13-15-21)28-23(29)16-22(25(28)31)27(19-6-4-2-3-5-7-19)24(30)17-8-10-18(26)11-9-17/h8-15,19,22H,2-7,16H2,1H3. The monoisotopic (exact) mass is 438 g/mol. The van der Waals surface area contributed by atoms with Crippen molar-refractivity contribution in [3.63, 3.8) is 0 Å². The molecule has 168 valence electrons. The fourth-order valence-electron chi connectivity index (χ4n) is 4.68. The minimum absolute atomic E-state index is 0.0612. The van der Waals surface area contributed by atoms with E-state index in [0.29, 0.717) is 17.0 Å². The van der Waals surface area contributed by atoms with Gasteiger partial charge in [0.05, 0.1) is 19.2 Å². The third kappa shape index (κ3) is 4.38. The molecule has 6 nitrogen and oxygen atoms in total. The largest absolute Gasteiger partial charge is 0.497 e. The molecule has 2 aliphatic rings. The van der Waals surface area contributed by atoms with E-state index in [2.05, 4.69) is 0 Å². The third-order valence-corrected chi connectivity index (χ3v) is 6.33. The molecule has 1 aliphatic heterocycles. The zero-order chi connectivity index (χ0) is 22.7. The summed E-state index contributed by atoms with van der Waals surface area (Å²) in [5.74, 6) is -0.883. The van der Waals surface area contributed by atoms with Gasteiger partial charge >= 0.3 is 0 Å². The van der Waals surface area contributed by atoms with E-state index in [9.17, 15) is 18.8 Å². The fraction of sp³-hybridized carbons (Fsp3) is 0.400. The molecule has 0 spiro atoms. The summed E-state index contributed by atoms with van der Waals surface area (Å²) in [7, 11) is 1.54. The molecule has 1 aliphatic carbocycles. The Bertz CT molecular complexity index is 982. The lowest BCUT2D eigenvalue weighted by Crippen LogP contribution is -2.50. The molecule has 1 saturated heterocycles. The van der Waals surface area contributed by atoms with E-state index < -0.39 is 17.8 Å². The van der Waals surface area contributed by atoms with Crippen LogP contribution >= 0.6 is 0 Å². The second kappa shape index (κ2) is 9.51. The van der Waals surface area contributed by atoms with Crippen LogP contribution in [-0.4, -0.2) is 41.8 Å². The molecule has 1 atom stereocenters. The Labute approximate surface area is 187 Å². The molecule has 2 fully saturated rings. The molecule has 4 rings (SSSR count). The molecule has 2 aromatic carbocycles. The van der Waals surface area contributed by atoms with E-state index >= 15 is 0 Å². The van der Waals surface area contributed by atoms with E-state index in [-0.39, 0.29) is 24.3 Å². The lowest BCUT2D eigenvalue weighted by atomic mass is 10.0. The first kappa shape index (κ1) is 22.0. The third-order valence-electron chi connectivity index (χ3n) is 6.33. The number of imide groups is 1. The van der Waals surface area contributed by atoms with Crippen LogP contribution in [0.1, 0.15) is 55.3 Å². The Morgan fingerprint density at radius 3 is 2.19 bits per heavy atom. The Balaban J connectivity index is 1.66. The number of nitrogens with zero attached hydrogens (tertiary/aromatic N) is 2. The first-order chi connectivity index (χ1) is 15.5. The summed E-state index contributed by atoms with van der Waals surface area (Å²) in [5.41, 5.74) is 0.775. The molecule has 0 radical (unpaired) electrons. The van der Waals surface area contributed by atoms with Gasteiger partial charge in [-0.15, -0.1) is 0 Å². The van der Waals surface area contributed by atoms with Crippen LogP contribution in [0.15, 0.2) is 48.5 Å². The van der Waals surface area contributed by atoms with Gasteiger partial charge in [-0.1, -0.05) is 25.7 Å². The number of benzene rings is 2. The number of ether oxygens (including phenoxy) is 1. The number of hydrogen-bond acceptors (Lipinski definition) is 4. The highest BCUT2D eigenvalue weighted by atomic mass is 19.1. The second-order valence-corrected chi connectivity index (χ2v) is 8.35. The van der Waals surface area contributed by atoms with Crippen molar-refractivity contribution in [1.29, 1.82) is 0 Å². The molecular formula is C25H27FN2O4. The van der Waals surface area contributed by atoms with Crippen molar-refractivity contribution in [3.05, 3.63) is 59.9 Å². The van der Waals surface area contributed by atoms with Gasteiger partial charge in [-0.25, -0.2) is 9.29 Å². The summed E-state index contributed by atoms with van der Waals surface area (Å²) in [6.45, 7) is 0. The lowest BCUT2D eigenvalue weighted by Gasteiger charge is -2.35. The molecule has 7 heteroatoms. The van der Waals surface area contributed by atoms with Crippen molar-refractivity contribution in [1.82, 2.24) is 4.90 Å². The van der Waals surface area contributed by atoms with E-state index in [4.69, 9.17) is 4.74 Å². The van der Waals surface area contributed by atoms with Crippen LogP contribution in [0.5, 0.6) is 5.75 Å². The van der Waals surface area contributed by atoms with Crippen LogP contribution in [0.3, 0.4) is 0 Å². The van der Waals surface area contributed by atoms with Gasteiger partial charge in [0.25, 0.3) is 11.8 Å². The number of hydrogen-bond donors (Lipinski definition) is 0. The molecular weight excluding hydrogens is 411 g/mol. The topological polar surface area (TPSA) is 66.9 Å². The fourth-order valence-corrected chi connectivity index (χ4v) is 4.68. The number of anilines is 1. The second-order valence-electron chi connectivity index (χ2n) is 8.35. The van der Waals surface area contributed by atoms with Gasteiger partial charge in [-0.3, -0.25) is 14.4 Å². The van der Waals surface area contributed by atoms with E-state index in [1.807, 2.05) is 0 Å². The molecule has 1 heterocycles. The molecule has 2 aromatic rings. The van der Waals surface area contributed by atoms with Crippen molar-refractivity contribution >= 4 is 23.4 Å². The normalized spacial score (nSPS) is 19.7. The van der Waals surface area contributed by atoms with Crippen LogP contribution < -0.4 is 9.64 Å². The van der Waals surface area contributed by atoms with Gasteiger partial charge in [0.1, 0.15) is 17.6 Å². The number of carbonyl (C=O) groups is 3. The van der Waals surface area contributed by atoms with Gasteiger partial charge in [0, 0.05) is 11.6 Å². The van der Waals surface area contributed by atoms with Gasteiger partial charge in [-0.2, -0.15) is 0 Å². The molecule has 0 aromatic heterocycles. The highest BCUT2D eigenvalue weighted by Crippen LogP contribution is 2.32. The maximum Gasteiger partial charge on any atom is 0.257 e. The van der Waals surface area contributed by atoms with E-state index in [1.165, 1.54) is 24.3 Å². The molecule has 0 bridgehead atoms. The Hall–Kier alpha value is -3.22. The van der Waals surface area contributed by atoms with Gasteiger partial charge in [0.15, 0.2) is 0 Å². The van der Waals surface area contributed by atoms with Crippen LogP contribution in [-0.2, 0) is 9.59 Å². The first-order valence-corrected chi connectivity index (χ1v) is 11.1. The zero-order valence-corrected chi connectivity index (χ0v) is 18.1. The van der Waals surface area contributed by atoms with Crippen molar-refractivity contribution < 1.29 is 23.5 Å². The highest BCUT2D eigenvalue weighted by molar-refractivity contribution is 6.23. The molecule has 3 amide bonds. The molecule has 0 N–H and O–H groups in total. The summed E-state index contributed by atoms with van der Waals surface area (Å²) in [6.07, 6.45) is 5.62. The average Bonchev–Trinajstić information content (AvgIpc) is 2.97. The van der Waals surface area contributed by atoms with Crippen molar-refractivity contribution in [2.45, 2.75) is 57.0 Å². The summed E-state index contributed by atoms with van der Waals surface area (Å²) in [6, 6.07) is 11.1. The predicted molar refractivity (Wildman–Crippen MR) is 118 cm³/mol. The smallest absolute Gasteiger partial charge is 0.257 e. The Morgan fingerprint density at radius 1 is 0.969 bits per heavy atom. The van der Waals surface area contributed by atoms with Crippen molar-refractivity contribution in [2.75, 3.05) is 12.0 Å². The van der Waals surface area contributed by atoms with E-state index in [0.717, 1.165) is 43.4 Å². The quantitative estimate of drug-likeness (QED) is 0.515. The van der Waals surface area contributed by atoms with Crippen molar-refractivity contribution in [3.8, 4) is 5.75 Å². The SMILES string of the molecule is COc1ccc(N2C(=O)CC(N(C(=O)c3ccc(F)cc3)C3CCCCCC3)C2=O)cc1. The number of amides is 3. The Morgan fingerprint density at radius 2 is 1.59 bits per heavy atom. The summed E-state index contributed by atoms with van der Waals surface area (Å²) in [4.78, 5) is 42.6. The van der Waals surface area contributed by atoms with Crippen LogP contribution in [0.2, 0.25) is 0 Å². The molecule has 1 unspecified atom stereocenters. The molecule has 1 saturated carbocycles. The number of methoxy groups -OCH3 is 1. The molecule has 32 heavy (non-hydrogen) atoms. The maximum atomic E-state index is 13.5. The average molecular weight is 438 g/mol. The maximum absolute atomic E-state index is 13.5. The predicted octanol–water partition coefficient (Wildman–Crippen LogP) is 4.33. The van der Waals surface area contributed by atoms with Crippen molar-refractivity contribution in [2.24, 2.45) is 0 Å². The zero-order valence-electron chi connectivity index (χ0n) is 18.1. The first-order valence-electron chi connectivity index (χ1n) is 11.1. The highest BCUT2D eigenvalue weighted by Gasteiger charge is 2.46. The van der Waals surface area contributed by atoms with Crippen LogP contribution in [0, 0.1) is 5.82 Å². The lowest BCUT2D eigenvalue weighted by molar-refractivity contribution is -0.123. The number of carbonyl (C=O) groups excluding carboxylic acids is 3. The Kier molecular flexibility index (Phi) is 6.53. The summed E-state index contributed by atoms with van der Waals surface area (Å²) in [5, 5.41) is 0. The van der Waals surface area contributed by atoms with Gasteiger partial charge in [-0.05, 0) is 61.4 Å². The van der Waals surface area contributed by atoms with Gasteiger partial charge in [0.2, 0.25) is 5.91 Å². The van der Waals surface area contributed by atoms with Gasteiger partial charge < -0.3 is 9.64 Å².